The molecule has 0 atom stereocenters. The van der Waals surface area contributed by atoms with E-state index in [0.29, 0.717) is 13.4 Å². The largest absolute Gasteiger partial charge is 0.361 e. The first kappa shape index (κ1) is 12.3. The molecule has 0 spiro atoms. The van der Waals surface area contributed by atoms with Crippen LogP contribution in [0.5, 0.6) is 0 Å². The maximum Gasteiger partial charge on any atom is 0.154 e. The van der Waals surface area contributed by atoms with E-state index < -0.39 is 8.07 Å². The van der Waals surface area contributed by atoms with Crippen LogP contribution in [0.3, 0.4) is 0 Å². The summed E-state index contributed by atoms with van der Waals surface area (Å²) >= 11 is 0. The number of nitrogens with zero attached hydrogens (tertiary/aromatic N) is 3. The molecule has 0 aromatic carbocycles. The van der Waals surface area contributed by atoms with Gasteiger partial charge in [-0.15, -0.1) is 0 Å². The van der Waals surface area contributed by atoms with Crippen LogP contribution in [-0.2, 0) is 11.5 Å². The van der Waals surface area contributed by atoms with Gasteiger partial charge in [-0.25, -0.2) is 4.98 Å². The van der Waals surface area contributed by atoms with Gasteiger partial charge >= 0.3 is 0 Å². The molecule has 94 valence electrons. The van der Waals surface area contributed by atoms with Gasteiger partial charge in [-0.1, -0.05) is 19.6 Å². The van der Waals surface area contributed by atoms with Crippen LogP contribution >= 0.6 is 0 Å². The highest BCUT2D eigenvalue weighted by Gasteiger charge is 2.13. The second kappa shape index (κ2) is 5.01. The molecule has 0 unspecified atom stereocenters. The number of hydrogen-bond acceptors (Lipinski definition) is 4. The standard InChI is InChI=1S/C11H20N4OSi/c1-17(2,3)5-4-16-9-15-8-14-11-10(15)6-12-7-13-11/h6,8,13H,4-5,7,9H2,1-3H3. The minimum Gasteiger partial charge on any atom is -0.361 e. The van der Waals surface area contributed by atoms with Crippen molar-refractivity contribution in [2.75, 3.05) is 18.6 Å². The Balaban J connectivity index is 1.84. The van der Waals surface area contributed by atoms with E-state index in [0.717, 1.165) is 18.1 Å². The molecule has 0 fully saturated rings. The van der Waals surface area contributed by atoms with Gasteiger partial charge in [0.15, 0.2) is 5.82 Å². The Bertz CT molecular complexity index is 408. The fourth-order valence-electron chi connectivity index (χ4n) is 1.56. The first-order valence-electron chi connectivity index (χ1n) is 5.93. The van der Waals surface area contributed by atoms with Crippen molar-refractivity contribution in [3.8, 4) is 0 Å². The van der Waals surface area contributed by atoms with Crippen LogP contribution in [0.2, 0.25) is 25.7 Å². The minimum absolute atomic E-state index is 0.556. The molecule has 5 nitrogen and oxygen atoms in total. The third-order valence-electron chi connectivity index (χ3n) is 2.66. The zero-order valence-corrected chi connectivity index (χ0v) is 11.7. The van der Waals surface area contributed by atoms with Crippen LogP contribution in [0.1, 0.15) is 5.69 Å². The van der Waals surface area contributed by atoms with Crippen molar-refractivity contribution in [1.29, 1.82) is 0 Å². The third-order valence-corrected chi connectivity index (χ3v) is 4.36. The number of aliphatic imine (C=N–C) groups is 1. The number of ether oxygens (including phenoxy) is 1. The molecule has 0 saturated heterocycles. The number of aromatic nitrogens is 2. The lowest BCUT2D eigenvalue weighted by Gasteiger charge is -2.16. The zero-order valence-electron chi connectivity index (χ0n) is 10.7. The number of nitrogens with one attached hydrogen (secondary N) is 1. The number of anilines is 1. The highest BCUT2D eigenvalue weighted by Crippen LogP contribution is 2.14. The van der Waals surface area contributed by atoms with Gasteiger partial charge in [0, 0.05) is 14.7 Å². The molecular weight excluding hydrogens is 232 g/mol. The summed E-state index contributed by atoms with van der Waals surface area (Å²) in [5.41, 5.74) is 1.00. The molecule has 0 bridgehead atoms. The number of imidazole rings is 1. The van der Waals surface area contributed by atoms with Gasteiger partial charge in [0.05, 0.1) is 12.5 Å². The molecule has 1 aromatic heterocycles. The van der Waals surface area contributed by atoms with Gasteiger partial charge in [0.25, 0.3) is 0 Å². The first-order chi connectivity index (χ1) is 8.06. The Morgan fingerprint density at radius 1 is 1.47 bits per heavy atom. The van der Waals surface area contributed by atoms with E-state index in [1.54, 1.807) is 6.33 Å². The molecule has 1 aromatic rings. The van der Waals surface area contributed by atoms with E-state index in [2.05, 4.69) is 34.9 Å². The zero-order chi connectivity index (χ0) is 12.3. The second-order valence-electron chi connectivity index (χ2n) is 5.44. The van der Waals surface area contributed by atoms with Crippen molar-refractivity contribution in [1.82, 2.24) is 9.55 Å². The van der Waals surface area contributed by atoms with Crippen LogP contribution < -0.4 is 5.32 Å². The molecule has 2 heterocycles. The van der Waals surface area contributed by atoms with Gasteiger partial charge in [-0.05, 0) is 6.04 Å². The van der Waals surface area contributed by atoms with Crippen molar-refractivity contribution >= 4 is 20.1 Å². The van der Waals surface area contributed by atoms with E-state index in [1.165, 1.54) is 6.04 Å². The van der Waals surface area contributed by atoms with Crippen molar-refractivity contribution in [2.45, 2.75) is 32.4 Å². The van der Waals surface area contributed by atoms with Crippen molar-refractivity contribution in [3.63, 3.8) is 0 Å². The van der Waals surface area contributed by atoms with Gasteiger partial charge in [-0.3, -0.25) is 4.99 Å². The molecular formula is C11H20N4OSi. The molecule has 0 saturated carbocycles. The monoisotopic (exact) mass is 252 g/mol. The Morgan fingerprint density at radius 2 is 2.29 bits per heavy atom. The Morgan fingerprint density at radius 3 is 3.06 bits per heavy atom. The van der Waals surface area contributed by atoms with Gasteiger partial charge in [0.2, 0.25) is 0 Å². The van der Waals surface area contributed by atoms with E-state index >= 15 is 0 Å². The molecule has 1 aliphatic heterocycles. The number of hydrogen-bond donors (Lipinski definition) is 1. The topological polar surface area (TPSA) is 51.4 Å². The fraction of sp³-hybridized carbons (Fsp3) is 0.636. The Labute approximate surface area is 103 Å². The number of fused-ring (bicyclic) bond motifs is 1. The first-order valence-corrected chi connectivity index (χ1v) is 9.63. The Hall–Kier alpha value is -1.14. The summed E-state index contributed by atoms with van der Waals surface area (Å²) in [6.45, 7) is 9.05. The lowest BCUT2D eigenvalue weighted by Crippen LogP contribution is -2.22. The summed E-state index contributed by atoms with van der Waals surface area (Å²) in [6.07, 6.45) is 3.64. The van der Waals surface area contributed by atoms with Crippen LogP contribution in [0.15, 0.2) is 11.3 Å². The summed E-state index contributed by atoms with van der Waals surface area (Å²) in [5, 5.41) is 3.12. The molecule has 0 radical (unpaired) electrons. The van der Waals surface area contributed by atoms with Crippen LogP contribution in [0.25, 0.3) is 0 Å². The summed E-state index contributed by atoms with van der Waals surface area (Å²) in [7, 11) is -0.996. The molecule has 1 aliphatic rings. The van der Waals surface area contributed by atoms with Gasteiger partial charge < -0.3 is 14.6 Å². The molecule has 2 rings (SSSR count). The highest BCUT2D eigenvalue weighted by atomic mass is 28.3. The summed E-state index contributed by atoms with van der Waals surface area (Å²) in [4.78, 5) is 8.45. The second-order valence-corrected chi connectivity index (χ2v) is 11.1. The molecule has 6 heteroatoms. The Kier molecular flexibility index (Phi) is 3.63. The average molecular weight is 252 g/mol. The maximum absolute atomic E-state index is 5.69. The molecule has 17 heavy (non-hydrogen) atoms. The summed E-state index contributed by atoms with van der Waals surface area (Å²) in [5.74, 6) is 0.897. The predicted molar refractivity (Wildman–Crippen MR) is 72.4 cm³/mol. The third kappa shape index (κ3) is 3.40. The van der Waals surface area contributed by atoms with E-state index in [-0.39, 0.29) is 0 Å². The van der Waals surface area contributed by atoms with Gasteiger partial charge in [0.1, 0.15) is 19.1 Å². The van der Waals surface area contributed by atoms with Gasteiger partial charge in [-0.2, -0.15) is 0 Å². The summed E-state index contributed by atoms with van der Waals surface area (Å²) < 4.78 is 7.67. The lowest BCUT2D eigenvalue weighted by molar-refractivity contribution is 0.0869. The van der Waals surface area contributed by atoms with Crippen LogP contribution in [-0.4, -0.2) is 37.1 Å². The molecule has 0 aliphatic carbocycles. The lowest BCUT2D eigenvalue weighted by atomic mass is 10.4. The normalized spacial score (nSPS) is 14.5. The minimum atomic E-state index is -0.996. The quantitative estimate of drug-likeness (QED) is 0.644. The van der Waals surface area contributed by atoms with E-state index in [9.17, 15) is 0 Å². The maximum atomic E-state index is 5.69. The van der Waals surface area contributed by atoms with Crippen LogP contribution in [0.4, 0.5) is 5.82 Å². The van der Waals surface area contributed by atoms with Crippen molar-refractivity contribution < 1.29 is 4.74 Å². The average Bonchev–Trinajstić information content (AvgIpc) is 2.67. The number of rotatable bonds is 5. The molecule has 0 amide bonds. The van der Waals surface area contributed by atoms with E-state index in [1.807, 2.05) is 10.8 Å². The fourth-order valence-corrected chi connectivity index (χ4v) is 2.32. The highest BCUT2D eigenvalue weighted by molar-refractivity contribution is 6.76. The van der Waals surface area contributed by atoms with E-state index in [4.69, 9.17) is 4.74 Å². The predicted octanol–water partition coefficient (Wildman–Crippen LogP) is 2.00. The summed E-state index contributed by atoms with van der Waals surface area (Å²) in [6, 6.07) is 1.19. The van der Waals surface area contributed by atoms with Crippen molar-refractivity contribution in [2.24, 2.45) is 4.99 Å². The smallest absolute Gasteiger partial charge is 0.154 e. The SMILES string of the molecule is C[Si](C)(C)CCOCn1cnc2c1C=NCN2. The van der Waals surface area contributed by atoms with Crippen molar-refractivity contribution in [3.05, 3.63) is 12.0 Å². The van der Waals surface area contributed by atoms with Crippen LogP contribution in [0, 0.1) is 0 Å². The molecule has 1 N–H and O–H groups in total.